The molecule has 0 aromatic rings. The van der Waals surface area contributed by atoms with Crippen molar-refractivity contribution < 1.29 is 18.6 Å². The van der Waals surface area contributed by atoms with E-state index in [4.69, 9.17) is 13.7 Å². The predicted molar refractivity (Wildman–Crippen MR) is 64.3 cm³/mol. The minimum absolute atomic E-state index is 0.297. The van der Waals surface area contributed by atoms with Crippen LogP contribution in [0.5, 0.6) is 0 Å². The lowest BCUT2D eigenvalue weighted by atomic mass is 10.2. The Kier molecular flexibility index (Phi) is 5.38. The predicted octanol–water partition coefficient (Wildman–Crippen LogP) is 1.63. The molecule has 1 aliphatic heterocycles. The van der Waals surface area contributed by atoms with Crippen LogP contribution in [0.4, 0.5) is 0 Å². The van der Waals surface area contributed by atoms with Crippen molar-refractivity contribution in [3.05, 3.63) is 22.8 Å². The molecule has 1 fully saturated rings. The third-order valence-corrected chi connectivity index (χ3v) is 2.91. The average molecular weight is 263 g/mol. The highest BCUT2D eigenvalue weighted by Gasteiger charge is 2.40. The minimum atomic E-state index is -0.702. The van der Waals surface area contributed by atoms with Crippen LogP contribution in [0.15, 0.2) is 12.7 Å². The summed E-state index contributed by atoms with van der Waals surface area (Å²) in [6.45, 7) is 7.10. The first kappa shape index (κ1) is 14.4. The van der Waals surface area contributed by atoms with Crippen LogP contribution in [0.1, 0.15) is 13.8 Å². The first-order valence-corrected chi connectivity index (χ1v) is 6.18. The van der Waals surface area contributed by atoms with Gasteiger partial charge in [0.25, 0.3) is 0 Å². The van der Waals surface area contributed by atoms with Crippen LogP contribution >= 0.6 is 12.0 Å². The molecule has 2 atom stereocenters. The summed E-state index contributed by atoms with van der Waals surface area (Å²) in [6, 6.07) is 0. The summed E-state index contributed by atoms with van der Waals surface area (Å²) in [6.07, 6.45) is 0.647. The molecule has 6 nitrogen and oxygen atoms in total. The fraction of sp³-hybridized carbons (Fsp3) is 0.800. The van der Waals surface area contributed by atoms with E-state index in [0.29, 0.717) is 12.4 Å². The van der Waals surface area contributed by atoms with Gasteiger partial charge in [0.15, 0.2) is 11.9 Å². The molecule has 7 heteroatoms. The van der Waals surface area contributed by atoms with Crippen LogP contribution in [0.25, 0.3) is 0 Å². The molecule has 98 valence electrons. The monoisotopic (exact) mass is 263 g/mol. The largest absolute Gasteiger partial charge is 0.348 e. The Labute approximate surface area is 105 Å². The van der Waals surface area contributed by atoms with Crippen LogP contribution < -0.4 is 0 Å². The summed E-state index contributed by atoms with van der Waals surface area (Å²) in [4.78, 5) is 10.2. The summed E-state index contributed by atoms with van der Waals surface area (Å²) >= 11 is 1.13. The second kappa shape index (κ2) is 6.34. The van der Waals surface area contributed by atoms with E-state index >= 15 is 0 Å². The third kappa shape index (κ3) is 5.03. The third-order valence-electron chi connectivity index (χ3n) is 2.15. The number of hydrogen-bond donors (Lipinski definition) is 0. The number of rotatable bonds is 7. The number of nitro groups is 1. The molecule has 0 bridgehead atoms. The number of nitrogens with zero attached hydrogens (tertiary/aromatic N) is 1. The lowest BCUT2D eigenvalue weighted by Gasteiger charge is -2.21. The minimum Gasteiger partial charge on any atom is -0.348 e. The van der Waals surface area contributed by atoms with Gasteiger partial charge in [-0.3, -0.25) is 10.1 Å². The standard InChI is InChI=1S/C10H17NO5S/c1-4-5-17-16-8(6-11(12)13)9-7-14-10(2,3)15-9/h4,8-9H,1,5-7H2,2-3H3/t8-,9+/m0/s1. The van der Waals surface area contributed by atoms with Gasteiger partial charge in [-0.15, -0.1) is 6.58 Å². The number of hydrogen-bond acceptors (Lipinski definition) is 6. The molecule has 0 N–H and O–H groups in total. The van der Waals surface area contributed by atoms with Gasteiger partial charge in [0.2, 0.25) is 6.54 Å². The van der Waals surface area contributed by atoms with Gasteiger partial charge in [-0.1, -0.05) is 6.08 Å². The Hall–Kier alpha value is -0.630. The van der Waals surface area contributed by atoms with E-state index in [2.05, 4.69) is 6.58 Å². The Balaban J connectivity index is 2.50. The van der Waals surface area contributed by atoms with Gasteiger partial charge in [-0.25, -0.2) is 0 Å². The van der Waals surface area contributed by atoms with Gasteiger partial charge < -0.3 is 13.7 Å². The van der Waals surface area contributed by atoms with E-state index in [-0.39, 0.29) is 6.54 Å². The van der Waals surface area contributed by atoms with E-state index in [1.54, 1.807) is 19.9 Å². The normalized spacial score (nSPS) is 24.5. The van der Waals surface area contributed by atoms with E-state index in [0.717, 1.165) is 12.0 Å². The highest BCUT2D eigenvalue weighted by atomic mass is 32.2. The summed E-state index contributed by atoms with van der Waals surface area (Å²) in [7, 11) is 0. The molecule has 1 heterocycles. The molecule has 0 radical (unpaired) electrons. The maximum Gasteiger partial charge on any atom is 0.233 e. The van der Waals surface area contributed by atoms with Crippen molar-refractivity contribution in [1.82, 2.24) is 0 Å². The fourth-order valence-corrected chi connectivity index (χ4v) is 1.96. The van der Waals surface area contributed by atoms with E-state index in [9.17, 15) is 10.1 Å². The van der Waals surface area contributed by atoms with Gasteiger partial charge in [0.1, 0.15) is 6.10 Å². The van der Waals surface area contributed by atoms with Gasteiger partial charge in [-0.05, 0) is 25.9 Å². The van der Waals surface area contributed by atoms with Crippen molar-refractivity contribution in [2.24, 2.45) is 0 Å². The highest BCUT2D eigenvalue weighted by molar-refractivity contribution is 7.94. The van der Waals surface area contributed by atoms with Crippen molar-refractivity contribution in [3.63, 3.8) is 0 Å². The molecule has 0 aliphatic carbocycles. The zero-order valence-electron chi connectivity index (χ0n) is 9.96. The van der Waals surface area contributed by atoms with Gasteiger partial charge in [-0.2, -0.15) is 0 Å². The summed E-state index contributed by atoms with van der Waals surface area (Å²) in [5.41, 5.74) is 0. The Morgan fingerprint density at radius 3 is 2.94 bits per heavy atom. The Morgan fingerprint density at radius 1 is 1.76 bits per heavy atom. The van der Waals surface area contributed by atoms with Crippen molar-refractivity contribution in [2.75, 3.05) is 18.9 Å². The van der Waals surface area contributed by atoms with Crippen LogP contribution in [0.3, 0.4) is 0 Å². The molecule has 0 spiro atoms. The first-order valence-electron chi connectivity index (χ1n) is 5.27. The first-order chi connectivity index (χ1) is 7.94. The molecule has 0 unspecified atom stereocenters. The smallest absolute Gasteiger partial charge is 0.233 e. The van der Waals surface area contributed by atoms with E-state index in [1.807, 2.05) is 0 Å². The molecule has 0 saturated carbocycles. The van der Waals surface area contributed by atoms with Gasteiger partial charge in [0.05, 0.1) is 6.61 Å². The number of ether oxygens (including phenoxy) is 2. The summed E-state index contributed by atoms with van der Waals surface area (Å²) in [5, 5.41) is 10.6. The van der Waals surface area contributed by atoms with Crippen molar-refractivity contribution >= 4 is 12.0 Å². The van der Waals surface area contributed by atoms with E-state index < -0.39 is 22.9 Å². The Bertz CT molecular complexity index is 284. The fourth-order valence-electron chi connectivity index (χ4n) is 1.43. The highest BCUT2D eigenvalue weighted by Crippen LogP contribution is 2.27. The summed E-state index contributed by atoms with van der Waals surface area (Å²) < 4.78 is 16.3. The molecular formula is C10H17NO5S. The average Bonchev–Trinajstić information content (AvgIpc) is 2.57. The topological polar surface area (TPSA) is 70.8 Å². The van der Waals surface area contributed by atoms with Gasteiger partial charge in [0, 0.05) is 10.7 Å². The lowest BCUT2D eigenvalue weighted by molar-refractivity contribution is -0.491. The quantitative estimate of drug-likeness (QED) is 0.228. The van der Waals surface area contributed by atoms with Crippen LogP contribution in [-0.4, -0.2) is 41.8 Å². The molecule has 0 aromatic heterocycles. The Morgan fingerprint density at radius 2 is 2.47 bits per heavy atom. The second-order valence-electron chi connectivity index (χ2n) is 4.09. The zero-order chi connectivity index (χ0) is 12.9. The molecular weight excluding hydrogens is 246 g/mol. The maximum atomic E-state index is 10.6. The van der Waals surface area contributed by atoms with Crippen LogP contribution in [0.2, 0.25) is 0 Å². The molecule has 17 heavy (non-hydrogen) atoms. The molecule has 1 aliphatic rings. The molecule has 1 saturated heterocycles. The molecule has 0 aromatic carbocycles. The zero-order valence-corrected chi connectivity index (χ0v) is 10.8. The van der Waals surface area contributed by atoms with Crippen LogP contribution in [-0.2, 0) is 13.7 Å². The second-order valence-corrected chi connectivity index (χ2v) is 4.85. The van der Waals surface area contributed by atoms with Crippen molar-refractivity contribution in [1.29, 1.82) is 0 Å². The summed E-state index contributed by atoms with van der Waals surface area (Å²) in [5.74, 6) is -0.128. The molecule has 1 rings (SSSR count). The van der Waals surface area contributed by atoms with Crippen LogP contribution in [0, 0.1) is 10.1 Å². The maximum absolute atomic E-state index is 10.6. The van der Waals surface area contributed by atoms with Crippen molar-refractivity contribution in [2.45, 2.75) is 31.8 Å². The SMILES string of the molecule is C=CCSO[C@@H](C[N+](=O)[O-])[C@H]1COC(C)(C)O1. The lowest BCUT2D eigenvalue weighted by Crippen LogP contribution is -2.37. The van der Waals surface area contributed by atoms with Crippen molar-refractivity contribution in [3.8, 4) is 0 Å². The molecule has 0 amide bonds. The van der Waals surface area contributed by atoms with E-state index in [1.165, 1.54) is 0 Å². The van der Waals surface area contributed by atoms with Gasteiger partial charge >= 0.3 is 0 Å².